The minimum atomic E-state index is -1.57. The summed E-state index contributed by atoms with van der Waals surface area (Å²) in [5.74, 6) is 0.278. The van der Waals surface area contributed by atoms with Gasteiger partial charge in [-0.3, -0.25) is 0 Å². The lowest BCUT2D eigenvalue weighted by molar-refractivity contribution is -0.122. The number of benzene rings is 1. The molecule has 2 aliphatic rings. The molecule has 3 unspecified atom stereocenters. The highest BCUT2D eigenvalue weighted by atomic mass is 16.5. The third kappa shape index (κ3) is 3.23. The molecule has 0 fully saturated rings. The van der Waals surface area contributed by atoms with Crippen molar-refractivity contribution in [3.05, 3.63) is 58.9 Å². The summed E-state index contributed by atoms with van der Waals surface area (Å²) in [6, 6.07) is 5.04. The standard InChI is InChI=1S/C20H24O6/c1-24-13-5-6-14-12(8-13)10-17(26-3)19(20(22)23)18(14)11-4-7-15(21)16(9-11)25-2/h4,6-10,17-23H,5H2,1-3H3. The molecule has 3 atom stereocenters. The number of aromatic hydroxyl groups is 1. The Bertz CT molecular complexity index is 762. The molecule has 3 N–H and O–H groups in total. The summed E-state index contributed by atoms with van der Waals surface area (Å²) in [5, 5.41) is 30.1. The summed E-state index contributed by atoms with van der Waals surface area (Å²) in [6.07, 6.45) is 4.45. The number of allylic oxidation sites excluding steroid dienone is 4. The molecule has 0 saturated carbocycles. The van der Waals surface area contributed by atoms with Gasteiger partial charge in [-0.1, -0.05) is 12.1 Å². The molecule has 2 aliphatic carbocycles. The molecule has 0 amide bonds. The summed E-state index contributed by atoms with van der Waals surface area (Å²) in [5.41, 5.74) is 2.73. The van der Waals surface area contributed by atoms with Crippen LogP contribution < -0.4 is 4.74 Å². The van der Waals surface area contributed by atoms with Crippen LogP contribution in [-0.2, 0) is 9.47 Å². The first-order valence-corrected chi connectivity index (χ1v) is 8.42. The summed E-state index contributed by atoms with van der Waals surface area (Å²) >= 11 is 0. The van der Waals surface area contributed by atoms with Gasteiger partial charge in [-0.15, -0.1) is 0 Å². The Morgan fingerprint density at radius 2 is 1.88 bits per heavy atom. The average Bonchev–Trinajstić information content (AvgIpc) is 2.66. The smallest absolute Gasteiger partial charge is 0.160 e. The van der Waals surface area contributed by atoms with E-state index in [0.29, 0.717) is 12.2 Å². The predicted molar refractivity (Wildman–Crippen MR) is 95.8 cm³/mol. The first-order chi connectivity index (χ1) is 12.5. The van der Waals surface area contributed by atoms with Crippen molar-refractivity contribution in [1.29, 1.82) is 0 Å². The molecule has 0 saturated heterocycles. The normalized spacial score (nSPS) is 25.2. The zero-order valence-corrected chi connectivity index (χ0v) is 15.0. The SMILES string of the molecule is COC1=CC2=CC(OC)C(C(O)O)C(c3ccc(O)c(OC)c3)C2=CC1. The lowest BCUT2D eigenvalue weighted by Crippen LogP contribution is -2.40. The molecule has 1 aromatic carbocycles. The average molecular weight is 360 g/mol. The van der Waals surface area contributed by atoms with Crippen molar-refractivity contribution in [2.45, 2.75) is 24.7 Å². The zero-order valence-electron chi connectivity index (χ0n) is 15.0. The number of ether oxygens (including phenoxy) is 3. The van der Waals surface area contributed by atoms with Crippen LogP contribution in [0.1, 0.15) is 17.9 Å². The molecule has 0 heterocycles. The van der Waals surface area contributed by atoms with Crippen LogP contribution >= 0.6 is 0 Å². The lowest BCUT2D eigenvalue weighted by atomic mass is 9.69. The van der Waals surface area contributed by atoms with Gasteiger partial charge < -0.3 is 29.5 Å². The number of rotatable bonds is 5. The van der Waals surface area contributed by atoms with Crippen LogP contribution in [0.2, 0.25) is 0 Å². The number of hydrogen-bond acceptors (Lipinski definition) is 6. The number of phenolic OH excluding ortho intramolecular Hbond substituents is 1. The molecule has 0 radical (unpaired) electrons. The van der Waals surface area contributed by atoms with Crippen LogP contribution in [0.15, 0.2) is 53.3 Å². The maximum atomic E-state index is 10.1. The van der Waals surface area contributed by atoms with Gasteiger partial charge in [0.1, 0.15) is 0 Å². The highest BCUT2D eigenvalue weighted by molar-refractivity contribution is 5.55. The third-order valence-corrected chi connectivity index (χ3v) is 5.06. The minimum absolute atomic E-state index is 0.0337. The molecule has 140 valence electrons. The van der Waals surface area contributed by atoms with Crippen molar-refractivity contribution < 1.29 is 29.5 Å². The van der Waals surface area contributed by atoms with E-state index in [1.54, 1.807) is 32.4 Å². The Hall–Kier alpha value is -2.28. The maximum Gasteiger partial charge on any atom is 0.160 e. The molecular formula is C20H24O6. The Labute approximate surface area is 152 Å². The summed E-state index contributed by atoms with van der Waals surface area (Å²) in [7, 11) is 4.66. The molecule has 0 aliphatic heterocycles. The van der Waals surface area contributed by atoms with Gasteiger partial charge in [-0.2, -0.15) is 0 Å². The second kappa shape index (κ2) is 7.53. The van der Waals surface area contributed by atoms with Gasteiger partial charge >= 0.3 is 0 Å². The van der Waals surface area contributed by atoms with E-state index < -0.39 is 18.3 Å². The topological polar surface area (TPSA) is 88.4 Å². The lowest BCUT2D eigenvalue weighted by Gasteiger charge is -2.40. The number of fused-ring (bicyclic) bond motifs is 1. The van der Waals surface area contributed by atoms with Crippen LogP contribution in [0.4, 0.5) is 0 Å². The van der Waals surface area contributed by atoms with Gasteiger partial charge in [0.2, 0.25) is 0 Å². The Morgan fingerprint density at radius 1 is 1.12 bits per heavy atom. The monoisotopic (exact) mass is 360 g/mol. The Kier molecular flexibility index (Phi) is 5.36. The molecule has 6 heteroatoms. The van der Waals surface area contributed by atoms with Crippen LogP contribution in [0.3, 0.4) is 0 Å². The number of methoxy groups -OCH3 is 3. The highest BCUT2D eigenvalue weighted by Gasteiger charge is 2.42. The van der Waals surface area contributed by atoms with Crippen molar-refractivity contribution in [3.63, 3.8) is 0 Å². The molecule has 1 aromatic rings. The van der Waals surface area contributed by atoms with E-state index in [9.17, 15) is 15.3 Å². The molecule has 0 spiro atoms. The second-order valence-corrected chi connectivity index (χ2v) is 6.40. The van der Waals surface area contributed by atoms with Crippen LogP contribution in [0.25, 0.3) is 0 Å². The molecule has 0 bridgehead atoms. The Balaban J connectivity index is 2.14. The van der Waals surface area contributed by atoms with Crippen LogP contribution in [-0.4, -0.2) is 49.0 Å². The predicted octanol–water partition coefficient (Wildman–Crippen LogP) is 2.23. The van der Waals surface area contributed by atoms with E-state index in [-0.39, 0.29) is 11.7 Å². The third-order valence-electron chi connectivity index (χ3n) is 5.06. The minimum Gasteiger partial charge on any atom is -0.504 e. The van der Waals surface area contributed by atoms with E-state index in [2.05, 4.69) is 0 Å². The van der Waals surface area contributed by atoms with Gasteiger partial charge in [0.15, 0.2) is 17.8 Å². The van der Waals surface area contributed by atoms with E-state index >= 15 is 0 Å². The summed E-state index contributed by atoms with van der Waals surface area (Å²) < 4.78 is 16.1. The fourth-order valence-electron chi connectivity index (χ4n) is 3.78. The van der Waals surface area contributed by atoms with Crippen molar-refractivity contribution in [2.75, 3.05) is 21.3 Å². The van der Waals surface area contributed by atoms with Gasteiger partial charge in [0.05, 0.1) is 32.0 Å². The number of aliphatic hydroxyl groups is 2. The number of aliphatic hydroxyl groups excluding tert-OH is 1. The first kappa shape index (κ1) is 18.5. The maximum absolute atomic E-state index is 10.1. The zero-order chi connectivity index (χ0) is 18.8. The fraction of sp³-hybridized carbons (Fsp3) is 0.400. The van der Waals surface area contributed by atoms with Crippen molar-refractivity contribution >= 4 is 0 Å². The molecule has 26 heavy (non-hydrogen) atoms. The van der Waals surface area contributed by atoms with E-state index in [4.69, 9.17) is 14.2 Å². The second-order valence-electron chi connectivity index (χ2n) is 6.40. The first-order valence-electron chi connectivity index (χ1n) is 8.42. The van der Waals surface area contributed by atoms with E-state index in [1.165, 1.54) is 7.11 Å². The van der Waals surface area contributed by atoms with Crippen molar-refractivity contribution in [2.24, 2.45) is 5.92 Å². The summed E-state index contributed by atoms with van der Waals surface area (Å²) in [6.45, 7) is 0. The molecule has 0 aromatic heterocycles. The van der Waals surface area contributed by atoms with Gasteiger partial charge in [0, 0.05) is 19.4 Å². The highest BCUT2D eigenvalue weighted by Crippen LogP contribution is 2.47. The number of hydrogen-bond donors (Lipinski definition) is 3. The quantitative estimate of drug-likeness (QED) is 0.698. The molecule has 3 rings (SSSR count). The van der Waals surface area contributed by atoms with E-state index in [0.717, 1.165) is 22.5 Å². The van der Waals surface area contributed by atoms with Crippen LogP contribution in [0.5, 0.6) is 11.5 Å². The van der Waals surface area contributed by atoms with E-state index in [1.807, 2.05) is 18.2 Å². The molecular weight excluding hydrogens is 336 g/mol. The fourth-order valence-corrected chi connectivity index (χ4v) is 3.78. The largest absolute Gasteiger partial charge is 0.504 e. The van der Waals surface area contributed by atoms with Gasteiger partial charge in [-0.05, 0) is 41.0 Å². The Morgan fingerprint density at radius 3 is 2.50 bits per heavy atom. The summed E-state index contributed by atoms with van der Waals surface area (Å²) in [4.78, 5) is 0. The van der Waals surface area contributed by atoms with Crippen molar-refractivity contribution in [3.8, 4) is 11.5 Å². The van der Waals surface area contributed by atoms with Gasteiger partial charge in [0.25, 0.3) is 0 Å². The van der Waals surface area contributed by atoms with Crippen LogP contribution in [0, 0.1) is 5.92 Å². The van der Waals surface area contributed by atoms with Gasteiger partial charge in [-0.25, -0.2) is 0 Å². The number of phenols is 1. The van der Waals surface area contributed by atoms with Crippen molar-refractivity contribution in [1.82, 2.24) is 0 Å². The molecule has 6 nitrogen and oxygen atoms in total.